The quantitative estimate of drug-likeness (QED) is 0.610. The third-order valence-corrected chi connectivity index (χ3v) is 3.01. The lowest BCUT2D eigenvalue weighted by Crippen LogP contribution is -2.09. The molecule has 122 valence electrons. The summed E-state index contributed by atoms with van der Waals surface area (Å²) in [6.07, 6.45) is -4.75. The van der Waals surface area contributed by atoms with E-state index in [9.17, 15) is 23.3 Å². The molecule has 0 aliphatic rings. The van der Waals surface area contributed by atoms with Gasteiger partial charge in [0.05, 0.1) is 12.0 Å². The van der Waals surface area contributed by atoms with Gasteiger partial charge in [0.2, 0.25) is 0 Å². The van der Waals surface area contributed by atoms with Crippen LogP contribution in [0.4, 0.5) is 18.9 Å². The molecule has 0 saturated heterocycles. The van der Waals surface area contributed by atoms with Gasteiger partial charge in [-0.25, -0.2) is 0 Å². The first-order valence-electron chi connectivity index (χ1n) is 6.42. The van der Waals surface area contributed by atoms with Crippen molar-refractivity contribution in [2.45, 2.75) is 12.8 Å². The lowest BCUT2D eigenvalue weighted by Gasteiger charge is -2.14. The molecule has 0 aliphatic heterocycles. The molecule has 0 unspecified atom stereocenters. The van der Waals surface area contributed by atoms with Crippen LogP contribution in [0.2, 0.25) is 0 Å². The van der Waals surface area contributed by atoms with Gasteiger partial charge in [0, 0.05) is 12.1 Å². The number of ether oxygens (including phenoxy) is 2. The minimum Gasteiger partial charge on any atom is -0.497 e. The van der Waals surface area contributed by atoms with E-state index in [0.29, 0.717) is 17.4 Å². The van der Waals surface area contributed by atoms with E-state index in [4.69, 9.17) is 9.47 Å². The Hall–Kier alpha value is -2.77. The molecule has 0 aromatic heterocycles. The number of methoxy groups -OCH3 is 1. The summed E-state index contributed by atoms with van der Waals surface area (Å²) in [5.41, 5.74) is -1.23. The molecule has 2 aromatic carbocycles. The van der Waals surface area contributed by atoms with Crippen LogP contribution in [0.3, 0.4) is 0 Å². The predicted molar refractivity (Wildman–Crippen MR) is 75.4 cm³/mol. The average molecular weight is 327 g/mol. The van der Waals surface area contributed by atoms with Gasteiger partial charge >= 0.3 is 6.18 Å². The molecule has 0 heterocycles. The second kappa shape index (κ2) is 6.55. The van der Waals surface area contributed by atoms with Crippen LogP contribution in [0.25, 0.3) is 0 Å². The van der Waals surface area contributed by atoms with Crippen molar-refractivity contribution in [3.05, 3.63) is 63.7 Å². The Morgan fingerprint density at radius 3 is 2.52 bits per heavy atom. The second-order valence-corrected chi connectivity index (χ2v) is 4.58. The first kappa shape index (κ1) is 16.6. The number of nitro benzene ring substituents is 1. The third kappa shape index (κ3) is 4.12. The summed E-state index contributed by atoms with van der Waals surface area (Å²) in [5.74, 6) is 0.0803. The Kier molecular flexibility index (Phi) is 4.73. The topological polar surface area (TPSA) is 61.6 Å². The summed E-state index contributed by atoms with van der Waals surface area (Å²) in [7, 11) is 1.47. The molecule has 0 bridgehead atoms. The van der Waals surface area contributed by atoms with Crippen molar-refractivity contribution < 1.29 is 27.6 Å². The monoisotopic (exact) mass is 327 g/mol. The molecule has 0 saturated carbocycles. The Morgan fingerprint density at radius 1 is 1.17 bits per heavy atom. The molecule has 0 amide bonds. The fourth-order valence-electron chi connectivity index (χ4n) is 1.90. The molecule has 0 N–H and O–H groups in total. The van der Waals surface area contributed by atoms with Crippen molar-refractivity contribution in [1.82, 2.24) is 0 Å². The summed E-state index contributed by atoms with van der Waals surface area (Å²) >= 11 is 0. The highest BCUT2D eigenvalue weighted by atomic mass is 19.4. The molecule has 0 aliphatic carbocycles. The van der Waals surface area contributed by atoms with Crippen LogP contribution < -0.4 is 9.47 Å². The van der Waals surface area contributed by atoms with E-state index in [2.05, 4.69) is 0 Å². The van der Waals surface area contributed by atoms with E-state index < -0.39 is 28.1 Å². The first-order valence-corrected chi connectivity index (χ1v) is 6.42. The van der Waals surface area contributed by atoms with Crippen LogP contribution in [0.5, 0.6) is 11.5 Å². The number of hydrogen-bond donors (Lipinski definition) is 0. The maximum atomic E-state index is 13.0. The summed E-state index contributed by atoms with van der Waals surface area (Å²) < 4.78 is 49.2. The largest absolute Gasteiger partial charge is 0.497 e. The van der Waals surface area contributed by atoms with Crippen LogP contribution >= 0.6 is 0 Å². The number of halogens is 3. The molecular formula is C15H12F3NO4. The van der Waals surface area contributed by atoms with Gasteiger partial charge < -0.3 is 9.47 Å². The zero-order valence-electron chi connectivity index (χ0n) is 12.0. The zero-order valence-corrected chi connectivity index (χ0v) is 12.0. The number of non-ortho nitro benzene ring substituents is 1. The fraction of sp³-hybridized carbons (Fsp3) is 0.200. The number of benzene rings is 2. The number of hydrogen-bond acceptors (Lipinski definition) is 4. The molecule has 2 aromatic rings. The summed E-state index contributed by atoms with van der Waals surface area (Å²) in [4.78, 5) is 9.74. The summed E-state index contributed by atoms with van der Waals surface area (Å²) in [6.45, 7) is -0.127. The van der Waals surface area contributed by atoms with Crippen molar-refractivity contribution in [2.75, 3.05) is 7.11 Å². The van der Waals surface area contributed by atoms with Crippen LogP contribution in [-0.2, 0) is 12.8 Å². The Labute approximate surface area is 129 Å². The Balaban J connectivity index is 2.26. The van der Waals surface area contributed by atoms with Crippen molar-refractivity contribution in [3.8, 4) is 11.5 Å². The van der Waals surface area contributed by atoms with Crippen LogP contribution in [-0.4, -0.2) is 12.0 Å². The molecular weight excluding hydrogens is 315 g/mol. The molecule has 23 heavy (non-hydrogen) atoms. The van der Waals surface area contributed by atoms with Crippen LogP contribution in [0.15, 0.2) is 42.5 Å². The maximum Gasteiger partial charge on any atom is 0.420 e. The van der Waals surface area contributed by atoms with Crippen molar-refractivity contribution >= 4 is 5.69 Å². The van der Waals surface area contributed by atoms with Crippen molar-refractivity contribution in [1.29, 1.82) is 0 Å². The summed E-state index contributed by atoms with van der Waals surface area (Å²) in [5, 5.41) is 10.6. The smallest absolute Gasteiger partial charge is 0.420 e. The van der Waals surface area contributed by atoms with E-state index in [1.807, 2.05) is 0 Å². The van der Waals surface area contributed by atoms with Gasteiger partial charge in [-0.3, -0.25) is 10.1 Å². The molecule has 0 radical (unpaired) electrons. The minimum atomic E-state index is -4.75. The molecule has 2 rings (SSSR count). The number of alkyl halides is 3. The van der Waals surface area contributed by atoms with Gasteiger partial charge in [-0.1, -0.05) is 12.1 Å². The lowest BCUT2D eigenvalue weighted by molar-refractivity contribution is -0.385. The van der Waals surface area contributed by atoms with Gasteiger partial charge in [-0.15, -0.1) is 0 Å². The number of rotatable bonds is 5. The van der Waals surface area contributed by atoms with Gasteiger partial charge in [-0.05, 0) is 23.8 Å². The minimum absolute atomic E-state index is 0.127. The predicted octanol–water partition coefficient (Wildman–Crippen LogP) is 4.20. The van der Waals surface area contributed by atoms with E-state index in [0.717, 1.165) is 12.1 Å². The Bertz CT molecular complexity index is 716. The number of nitro groups is 1. The first-order chi connectivity index (χ1) is 10.8. The Morgan fingerprint density at radius 2 is 1.91 bits per heavy atom. The third-order valence-electron chi connectivity index (χ3n) is 3.01. The summed E-state index contributed by atoms with van der Waals surface area (Å²) in [6, 6.07) is 9.03. The van der Waals surface area contributed by atoms with Crippen molar-refractivity contribution in [2.24, 2.45) is 0 Å². The van der Waals surface area contributed by atoms with Gasteiger partial charge in [0.25, 0.3) is 5.69 Å². The van der Waals surface area contributed by atoms with E-state index in [1.54, 1.807) is 24.3 Å². The molecule has 0 atom stereocenters. The van der Waals surface area contributed by atoms with Crippen LogP contribution in [0.1, 0.15) is 11.1 Å². The highest BCUT2D eigenvalue weighted by Crippen LogP contribution is 2.38. The highest BCUT2D eigenvalue weighted by molar-refractivity contribution is 5.45. The SMILES string of the molecule is COc1cccc(COc2ccc([N+](=O)[O-])cc2C(F)(F)F)c1. The molecule has 0 fully saturated rings. The normalized spacial score (nSPS) is 11.1. The molecule has 5 nitrogen and oxygen atoms in total. The van der Waals surface area contributed by atoms with Crippen LogP contribution in [0, 0.1) is 10.1 Å². The van der Waals surface area contributed by atoms with E-state index in [1.165, 1.54) is 7.11 Å². The lowest BCUT2D eigenvalue weighted by atomic mass is 10.1. The van der Waals surface area contributed by atoms with E-state index >= 15 is 0 Å². The van der Waals surface area contributed by atoms with Gasteiger partial charge in [-0.2, -0.15) is 13.2 Å². The van der Waals surface area contributed by atoms with Crippen molar-refractivity contribution in [3.63, 3.8) is 0 Å². The standard InChI is InChI=1S/C15H12F3NO4/c1-22-12-4-2-3-10(7-12)9-23-14-6-5-11(19(20)21)8-13(14)15(16,17)18/h2-8H,9H2,1H3. The van der Waals surface area contributed by atoms with Gasteiger partial charge in [0.15, 0.2) is 0 Å². The van der Waals surface area contributed by atoms with Gasteiger partial charge in [0.1, 0.15) is 23.7 Å². The van der Waals surface area contributed by atoms with E-state index in [-0.39, 0.29) is 6.61 Å². The fourth-order valence-corrected chi connectivity index (χ4v) is 1.90. The maximum absolute atomic E-state index is 13.0. The molecule has 0 spiro atoms. The molecule has 8 heteroatoms. The average Bonchev–Trinajstić information content (AvgIpc) is 2.52. The number of nitrogens with zero attached hydrogens (tertiary/aromatic N) is 1. The second-order valence-electron chi connectivity index (χ2n) is 4.58. The highest BCUT2D eigenvalue weighted by Gasteiger charge is 2.36. The zero-order chi connectivity index (χ0) is 17.0.